The number of carbonyl (C=O) groups excluding carboxylic acids is 1. The molecule has 3 rings (SSSR count). The number of halogens is 7. The van der Waals surface area contributed by atoms with Gasteiger partial charge < -0.3 is 10.6 Å². The molecule has 1 amide bonds. The Morgan fingerprint density at radius 3 is 2.19 bits per heavy atom. The second kappa shape index (κ2) is 9.60. The number of nitrogens with one attached hydrogen (secondary N) is 1. The highest BCUT2D eigenvalue weighted by molar-refractivity contribution is 6.31. The van der Waals surface area contributed by atoms with Gasteiger partial charge >= 0.3 is 12.4 Å². The van der Waals surface area contributed by atoms with Crippen molar-refractivity contribution in [2.45, 2.75) is 56.5 Å². The molecule has 2 aromatic carbocycles. The van der Waals surface area contributed by atoms with Gasteiger partial charge in [-0.1, -0.05) is 55.1 Å². The van der Waals surface area contributed by atoms with E-state index in [0.29, 0.717) is 18.9 Å². The fourth-order valence-corrected chi connectivity index (χ4v) is 3.86. The molecule has 1 aliphatic rings. The van der Waals surface area contributed by atoms with Crippen LogP contribution in [0.1, 0.15) is 54.8 Å². The third kappa shape index (κ3) is 6.09. The Morgan fingerprint density at radius 1 is 0.938 bits per heavy atom. The largest absolute Gasteiger partial charge is 0.670 e. The summed E-state index contributed by atoms with van der Waals surface area (Å²) in [7, 11) is 0. The molecule has 0 spiro atoms. The second-order valence-electron chi connectivity index (χ2n) is 7.66. The number of hydrogen-bond donors (Lipinski definition) is 1. The molecule has 32 heavy (non-hydrogen) atoms. The van der Waals surface area contributed by atoms with Crippen LogP contribution in [0.5, 0.6) is 0 Å². The Bertz CT molecular complexity index is 954. The van der Waals surface area contributed by atoms with Gasteiger partial charge in [0.2, 0.25) is 5.91 Å². The molecule has 0 radical (unpaired) electrons. The SMILES string of the molecule is O=C(NC1CCCCC1)C([N-]c1cccc(C(F)(F)F)c1)c1cc(C(F)(F)F)ccc1Cl. The maximum Gasteiger partial charge on any atom is 0.416 e. The Morgan fingerprint density at radius 2 is 1.56 bits per heavy atom. The first kappa shape index (κ1) is 24.2. The maximum absolute atomic E-state index is 13.2. The minimum atomic E-state index is -4.69. The summed E-state index contributed by atoms with van der Waals surface area (Å²) in [6, 6.07) is 4.70. The number of carbonyl (C=O) groups is 1. The molecule has 1 atom stereocenters. The number of amides is 1. The number of benzene rings is 2. The van der Waals surface area contributed by atoms with Crippen LogP contribution < -0.4 is 5.32 Å². The number of nitrogens with zero attached hydrogens (tertiary/aromatic N) is 1. The highest BCUT2D eigenvalue weighted by Gasteiger charge is 2.32. The van der Waals surface area contributed by atoms with Gasteiger partial charge in [-0.25, -0.2) is 0 Å². The molecule has 10 heteroatoms. The van der Waals surface area contributed by atoms with Crippen molar-refractivity contribution < 1.29 is 31.1 Å². The zero-order chi connectivity index (χ0) is 23.5. The van der Waals surface area contributed by atoms with Gasteiger partial charge in [-0.2, -0.15) is 26.3 Å². The summed E-state index contributed by atoms with van der Waals surface area (Å²) in [5.41, 5.74) is -2.45. The quantitative estimate of drug-likeness (QED) is 0.443. The summed E-state index contributed by atoms with van der Waals surface area (Å²) in [4.78, 5) is 13.0. The lowest BCUT2D eigenvalue weighted by molar-refractivity contribution is -0.138. The molecule has 1 N–H and O–H groups in total. The van der Waals surface area contributed by atoms with Crippen LogP contribution in [0.15, 0.2) is 42.5 Å². The molecule has 3 nitrogen and oxygen atoms in total. The van der Waals surface area contributed by atoms with E-state index in [-0.39, 0.29) is 22.3 Å². The zero-order valence-corrected chi connectivity index (χ0v) is 17.5. The van der Waals surface area contributed by atoms with Crippen molar-refractivity contribution in [1.82, 2.24) is 5.32 Å². The Balaban J connectivity index is 1.97. The lowest BCUT2D eigenvalue weighted by atomic mass is 9.94. The smallest absolute Gasteiger partial charge is 0.416 e. The van der Waals surface area contributed by atoms with Gasteiger partial charge in [0.15, 0.2) is 0 Å². The van der Waals surface area contributed by atoms with E-state index in [1.54, 1.807) is 0 Å². The van der Waals surface area contributed by atoms with Crippen LogP contribution in [-0.4, -0.2) is 11.9 Å². The number of rotatable bonds is 5. The van der Waals surface area contributed by atoms with Gasteiger partial charge in [0, 0.05) is 11.1 Å². The highest BCUT2D eigenvalue weighted by atomic mass is 35.5. The molecule has 0 saturated heterocycles. The first-order valence-corrected chi connectivity index (χ1v) is 10.4. The summed E-state index contributed by atoms with van der Waals surface area (Å²) in [6.45, 7) is 0. The normalized spacial score (nSPS) is 16.5. The van der Waals surface area contributed by atoms with Crippen LogP contribution in [0, 0.1) is 0 Å². The first-order chi connectivity index (χ1) is 14.9. The summed E-state index contributed by atoms with van der Waals surface area (Å²) >= 11 is 6.11. The third-order valence-electron chi connectivity index (χ3n) is 5.27. The standard InChI is InChI=1S/C22H20ClF6N2O/c23-18-10-9-14(22(27,28)29)12-17(18)19(20(32)31-15-6-2-1-3-7-15)30-16-8-4-5-13(11-16)21(24,25)26/h4-5,8-12,15,19H,1-3,6-7H2,(H,31,32)/q-1. The van der Waals surface area contributed by atoms with Crippen molar-refractivity contribution in [2.75, 3.05) is 0 Å². The topological polar surface area (TPSA) is 43.2 Å². The van der Waals surface area contributed by atoms with Crippen molar-refractivity contribution in [3.63, 3.8) is 0 Å². The lowest BCUT2D eigenvalue weighted by Gasteiger charge is -2.35. The van der Waals surface area contributed by atoms with Crippen molar-refractivity contribution in [3.8, 4) is 0 Å². The minimum Gasteiger partial charge on any atom is -0.670 e. The van der Waals surface area contributed by atoms with Gasteiger partial charge in [-0.15, -0.1) is 5.69 Å². The maximum atomic E-state index is 13.2. The van der Waals surface area contributed by atoms with Crippen LogP contribution in [-0.2, 0) is 17.1 Å². The van der Waals surface area contributed by atoms with Gasteiger partial charge in [-0.05, 0) is 42.6 Å². The van der Waals surface area contributed by atoms with Crippen molar-refractivity contribution in [1.29, 1.82) is 0 Å². The molecule has 1 saturated carbocycles. The fourth-order valence-electron chi connectivity index (χ4n) is 3.64. The highest BCUT2D eigenvalue weighted by Crippen LogP contribution is 2.41. The summed E-state index contributed by atoms with van der Waals surface area (Å²) in [6.07, 6.45) is -5.12. The molecule has 2 aromatic rings. The monoisotopic (exact) mass is 477 g/mol. The Hall–Kier alpha value is -2.42. The molecule has 1 unspecified atom stereocenters. The molecule has 0 aromatic heterocycles. The summed E-state index contributed by atoms with van der Waals surface area (Å²) in [5.74, 6) is -0.712. The molecule has 0 heterocycles. The molecule has 1 fully saturated rings. The average Bonchev–Trinajstić information content (AvgIpc) is 2.72. The van der Waals surface area contributed by atoms with E-state index in [0.717, 1.165) is 49.6 Å². The van der Waals surface area contributed by atoms with E-state index in [1.165, 1.54) is 6.07 Å². The summed E-state index contributed by atoms with van der Waals surface area (Å²) in [5, 5.41) is 6.72. The predicted molar refractivity (Wildman–Crippen MR) is 109 cm³/mol. The predicted octanol–water partition coefficient (Wildman–Crippen LogP) is 7.57. The second-order valence-corrected chi connectivity index (χ2v) is 8.06. The van der Waals surface area contributed by atoms with E-state index < -0.39 is 35.4 Å². The van der Waals surface area contributed by atoms with Crippen LogP contribution in [0.25, 0.3) is 5.32 Å². The molecule has 1 aliphatic carbocycles. The van der Waals surface area contributed by atoms with E-state index in [2.05, 4.69) is 10.6 Å². The molecular weight excluding hydrogens is 458 g/mol. The molecule has 0 bridgehead atoms. The Kier molecular flexibility index (Phi) is 7.27. The van der Waals surface area contributed by atoms with Gasteiger partial charge in [-0.3, -0.25) is 4.79 Å². The zero-order valence-electron chi connectivity index (χ0n) is 16.7. The molecular formula is C22H20ClF6N2O-. The van der Waals surface area contributed by atoms with Crippen molar-refractivity contribution >= 4 is 23.2 Å². The average molecular weight is 478 g/mol. The van der Waals surface area contributed by atoms with E-state index in [4.69, 9.17) is 11.6 Å². The van der Waals surface area contributed by atoms with E-state index in [9.17, 15) is 31.1 Å². The van der Waals surface area contributed by atoms with Crippen LogP contribution in [0.3, 0.4) is 0 Å². The van der Waals surface area contributed by atoms with E-state index in [1.807, 2.05) is 0 Å². The van der Waals surface area contributed by atoms with Gasteiger partial charge in [0.05, 0.1) is 11.1 Å². The van der Waals surface area contributed by atoms with Crippen LogP contribution in [0.2, 0.25) is 5.02 Å². The number of hydrogen-bond acceptors (Lipinski definition) is 1. The van der Waals surface area contributed by atoms with Crippen molar-refractivity contribution in [2.24, 2.45) is 0 Å². The first-order valence-electron chi connectivity index (χ1n) is 10.0. The van der Waals surface area contributed by atoms with Crippen LogP contribution >= 0.6 is 11.6 Å². The number of alkyl halides is 6. The Labute approximate surface area is 186 Å². The lowest BCUT2D eigenvalue weighted by Crippen LogP contribution is -2.39. The minimum absolute atomic E-state index is 0.141. The van der Waals surface area contributed by atoms with E-state index >= 15 is 0 Å². The van der Waals surface area contributed by atoms with Gasteiger partial charge in [0.1, 0.15) is 0 Å². The molecule has 0 aliphatic heterocycles. The van der Waals surface area contributed by atoms with Crippen LogP contribution in [0.4, 0.5) is 32.0 Å². The van der Waals surface area contributed by atoms with Crippen molar-refractivity contribution in [3.05, 3.63) is 69.5 Å². The third-order valence-corrected chi connectivity index (χ3v) is 5.61. The van der Waals surface area contributed by atoms with Gasteiger partial charge in [0.25, 0.3) is 0 Å². The fraction of sp³-hybridized carbons (Fsp3) is 0.409. The summed E-state index contributed by atoms with van der Waals surface area (Å²) < 4.78 is 79.0. The molecule has 174 valence electrons.